The largest absolute Gasteiger partial charge is 0.333 e. The molecule has 0 N–H and O–H groups in total. The van der Waals surface area contributed by atoms with Crippen LogP contribution in [-0.2, 0) is 17.8 Å². The number of aromatic nitrogens is 5. The minimum Gasteiger partial charge on any atom is -0.333 e. The van der Waals surface area contributed by atoms with Crippen LogP contribution in [-0.4, -0.2) is 41.5 Å². The van der Waals surface area contributed by atoms with E-state index in [4.69, 9.17) is 0 Å². The fourth-order valence-corrected chi connectivity index (χ4v) is 4.22. The molecule has 0 unspecified atom stereocenters. The molecule has 1 atom stereocenters. The van der Waals surface area contributed by atoms with Gasteiger partial charge in [-0.3, -0.25) is 9.20 Å². The number of nitrogens with zero attached hydrogens (tertiary/aromatic N) is 6. The van der Waals surface area contributed by atoms with Crippen molar-refractivity contribution >= 4 is 22.2 Å². The van der Waals surface area contributed by atoms with E-state index in [-0.39, 0.29) is 11.9 Å². The summed E-state index contributed by atoms with van der Waals surface area (Å²) >= 11 is 1.58. The average molecular weight is 342 g/mol. The van der Waals surface area contributed by atoms with Crippen molar-refractivity contribution in [1.82, 2.24) is 29.0 Å². The van der Waals surface area contributed by atoms with Crippen LogP contribution in [0, 0.1) is 0 Å². The second-order valence-electron chi connectivity index (χ2n) is 6.74. The Morgan fingerprint density at radius 1 is 1.38 bits per heavy atom. The third-order valence-electron chi connectivity index (χ3n) is 4.82. The quantitative estimate of drug-likeness (QED) is 0.730. The molecule has 1 saturated carbocycles. The summed E-state index contributed by atoms with van der Waals surface area (Å²) in [6.45, 7) is 3.40. The average Bonchev–Trinajstić information content (AvgIpc) is 2.98. The van der Waals surface area contributed by atoms with Crippen LogP contribution in [0.4, 0.5) is 0 Å². The maximum Gasteiger partial charge on any atom is 0.229 e. The van der Waals surface area contributed by atoms with Gasteiger partial charge in [0.05, 0.1) is 24.7 Å². The third-order valence-corrected chi connectivity index (χ3v) is 5.59. The third kappa shape index (κ3) is 2.24. The lowest BCUT2D eigenvalue weighted by Gasteiger charge is -2.32. The number of carbonyl (C=O) groups is 1. The number of hydrogen-bond donors (Lipinski definition) is 0. The molecule has 8 heteroatoms. The predicted molar refractivity (Wildman–Crippen MR) is 88.9 cm³/mol. The Morgan fingerprint density at radius 2 is 2.25 bits per heavy atom. The van der Waals surface area contributed by atoms with E-state index in [9.17, 15) is 4.79 Å². The Bertz CT molecular complexity index is 892. The van der Waals surface area contributed by atoms with E-state index in [0.29, 0.717) is 25.4 Å². The minimum absolute atomic E-state index is 0.106. The Balaban J connectivity index is 1.35. The number of thiazole rings is 1. The monoisotopic (exact) mass is 342 g/mol. The van der Waals surface area contributed by atoms with E-state index in [1.807, 2.05) is 27.1 Å². The zero-order valence-electron chi connectivity index (χ0n) is 13.4. The Kier molecular flexibility index (Phi) is 3.03. The van der Waals surface area contributed by atoms with E-state index < -0.39 is 0 Å². The van der Waals surface area contributed by atoms with Gasteiger partial charge in [-0.1, -0.05) is 0 Å². The lowest BCUT2D eigenvalue weighted by atomic mass is 10.2. The van der Waals surface area contributed by atoms with Crippen LogP contribution in [0.1, 0.15) is 49.1 Å². The zero-order valence-corrected chi connectivity index (χ0v) is 14.2. The van der Waals surface area contributed by atoms with Gasteiger partial charge in [-0.05, 0) is 19.8 Å². The fraction of sp³-hybridized carbons (Fsp3) is 0.500. The first-order valence-corrected chi connectivity index (χ1v) is 9.19. The summed E-state index contributed by atoms with van der Waals surface area (Å²) < 4.78 is 4.21. The minimum atomic E-state index is 0.106. The van der Waals surface area contributed by atoms with E-state index in [0.717, 1.165) is 22.3 Å². The van der Waals surface area contributed by atoms with Crippen LogP contribution in [0.3, 0.4) is 0 Å². The summed E-state index contributed by atoms with van der Waals surface area (Å²) in [7, 11) is 0. The van der Waals surface area contributed by atoms with Gasteiger partial charge >= 0.3 is 0 Å². The van der Waals surface area contributed by atoms with Crippen molar-refractivity contribution in [3.8, 4) is 0 Å². The maximum absolute atomic E-state index is 12.7. The van der Waals surface area contributed by atoms with Gasteiger partial charge in [-0.2, -0.15) is 0 Å². The molecular weight excluding hydrogens is 324 g/mol. The normalized spacial score (nSPS) is 20.5. The van der Waals surface area contributed by atoms with Crippen molar-refractivity contribution in [2.45, 2.75) is 44.7 Å². The van der Waals surface area contributed by atoms with Gasteiger partial charge in [0, 0.05) is 30.2 Å². The summed E-state index contributed by atoms with van der Waals surface area (Å²) in [5.74, 6) is 2.71. The van der Waals surface area contributed by atoms with Crippen molar-refractivity contribution in [3.05, 3.63) is 35.1 Å². The molecule has 0 spiro atoms. The molecule has 0 aromatic carbocycles. The van der Waals surface area contributed by atoms with Gasteiger partial charge in [0.2, 0.25) is 5.91 Å². The Morgan fingerprint density at radius 3 is 3.04 bits per heavy atom. The maximum atomic E-state index is 12.7. The Labute approximate surface area is 142 Å². The number of hydrogen-bond acceptors (Lipinski definition) is 5. The highest BCUT2D eigenvalue weighted by Gasteiger charge is 2.35. The first-order chi connectivity index (χ1) is 11.7. The van der Waals surface area contributed by atoms with Crippen molar-refractivity contribution in [1.29, 1.82) is 0 Å². The van der Waals surface area contributed by atoms with Crippen molar-refractivity contribution in [2.75, 3.05) is 6.54 Å². The highest BCUT2D eigenvalue weighted by atomic mass is 32.1. The first-order valence-electron chi connectivity index (χ1n) is 8.31. The van der Waals surface area contributed by atoms with Gasteiger partial charge in [-0.15, -0.1) is 21.5 Å². The molecule has 124 valence electrons. The molecule has 5 rings (SSSR count). The van der Waals surface area contributed by atoms with Crippen LogP contribution in [0.5, 0.6) is 0 Å². The number of amides is 1. The van der Waals surface area contributed by atoms with Gasteiger partial charge < -0.3 is 9.47 Å². The smallest absolute Gasteiger partial charge is 0.229 e. The molecule has 0 radical (unpaired) electrons. The number of rotatable bonds is 3. The fourth-order valence-electron chi connectivity index (χ4n) is 3.50. The lowest BCUT2D eigenvalue weighted by Crippen LogP contribution is -2.41. The van der Waals surface area contributed by atoms with Crippen LogP contribution >= 0.6 is 11.3 Å². The van der Waals surface area contributed by atoms with Crippen molar-refractivity contribution < 1.29 is 4.79 Å². The molecule has 1 aliphatic heterocycles. The van der Waals surface area contributed by atoms with E-state index in [1.165, 1.54) is 12.8 Å². The summed E-state index contributed by atoms with van der Waals surface area (Å²) in [5, 5.41) is 10.7. The Hall–Kier alpha value is -2.22. The highest BCUT2D eigenvalue weighted by molar-refractivity contribution is 7.15. The topological polar surface area (TPSA) is 68.3 Å². The zero-order chi connectivity index (χ0) is 16.3. The predicted octanol–water partition coefficient (Wildman–Crippen LogP) is 2.01. The molecular formula is C16H18N6OS. The molecule has 0 bridgehead atoms. The second-order valence-corrected chi connectivity index (χ2v) is 7.62. The molecule has 2 aliphatic rings. The van der Waals surface area contributed by atoms with E-state index in [2.05, 4.69) is 26.7 Å². The number of carbonyl (C=O) groups excluding carboxylic acids is 1. The summed E-state index contributed by atoms with van der Waals surface area (Å²) in [4.78, 5) is 20.0. The van der Waals surface area contributed by atoms with Crippen LogP contribution in [0.2, 0.25) is 0 Å². The van der Waals surface area contributed by atoms with E-state index in [1.54, 1.807) is 11.3 Å². The molecule has 7 nitrogen and oxygen atoms in total. The van der Waals surface area contributed by atoms with Crippen molar-refractivity contribution in [2.24, 2.45) is 0 Å². The van der Waals surface area contributed by atoms with Crippen LogP contribution in [0.25, 0.3) is 4.96 Å². The van der Waals surface area contributed by atoms with Gasteiger partial charge in [-0.25, -0.2) is 4.98 Å². The summed E-state index contributed by atoms with van der Waals surface area (Å²) in [5.41, 5.74) is 0.824. The first kappa shape index (κ1) is 14.2. The standard InChI is InChI=1S/C16H18N6OS/c1-10-7-21(9-13-18-19-15(22(10)13)11-2-3-11)14(23)6-12-8-20-4-5-24-16(20)17-12/h4-5,8,10-11H,2-3,6-7,9H2,1H3/t10-/m0/s1. The SMILES string of the molecule is C[C@H]1CN(C(=O)Cc2cn3ccsc3n2)Cc2nnc(C3CC3)n21. The molecule has 0 saturated heterocycles. The molecule has 4 heterocycles. The van der Waals surface area contributed by atoms with Crippen LogP contribution < -0.4 is 0 Å². The number of fused-ring (bicyclic) bond motifs is 2. The van der Waals surface area contributed by atoms with Crippen molar-refractivity contribution in [3.63, 3.8) is 0 Å². The summed E-state index contributed by atoms with van der Waals surface area (Å²) in [6.07, 6.45) is 6.66. The van der Waals surface area contributed by atoms with Crippen LogP contribution in [0.15, 0.2) is 17.8 Å². The molecule has 3 aromatic heterocycles. The lowest BCUT2D eigenvalue weighted by molar-refractivity contribution is -0.132. The van der Waals surface area contributed by atoms with Gasteiger partial charge in [0.15, 0.2) is 10.8 Å². The van der Waals surface area contributed by atoms with Gasteiger partial charge in [0.1, 0.15) is 5.82 Å². The van der Waals surface area contributed by atoms with E-state index >= 15 is 0 Å². The molecule has 1 amide bonds. The second kappa shape index (κ2) is 5.14. The molecule has 1 fully saturated rings. The molecule has 24 heavy (non-hydrogen) atoms. The molecule has 3 aromatic rings. The summed E-state index contributed by atoms with van der Waals surface area (Å²) in [6, 6.07) is 0.230. The highest BCUT2D eigenvalue weighted by Crippen LogP contribution is 2.41. The molecule has 1 aliphatic carbocycles. The van der Waals surface area contributed by atoms with Gasteiger partial charge in [0.25, 0.3) is 0 Å². The number of imidazole rings is 1.